The lowest BCUT2D eigenvalue weighted by molar-refractivity contribution is -0.131. The minimum atomic E-state index is -0.470. The summed E-state index contributed by atoms with van der Waals surface area (Å²) in [6.45, 7) is 1.75. The zero-order valence-corrected chi connectivity index (χ0v) is 16.3. The molecular formula is C20H24N4O5. The van der Waals surface area contributed by atoms with Gasteiger partial charge in [0.2, 0.25) is 17.6 Å². The summed E-state index contributed by atoms with van der Waals surface area (Å²) in [6, 6.07) is 7.44. The van der Waals surface area contributed by atoms with Crippen molar-refractivity contribution >= 4 is 12.0 Å². The Morgan fingerprint density at radius 2 is 2.17 bits per heavy atom. The van der Waals surface area contributed by atoms with Crippen molar-refractivity contribution in [1.82, 2.24) is 20.4 Å². The largest absolute Gasteiger partial charge is 0.496 e. The molecule has 1 aromatic carbocycles. The Hall–Kier alpha value is -3.10. The van der Waals surface area contributed by atoms with Gasteiger partial charge in [0.25, 0.3) is 0 Å². The van der Waals surface area contributed by atoms with Crippen LogP contribution < -0.4 is 10.1 Å². The molecule has 1 atom stereocenters. The van der Waals surface area contributed by atoms with E-state index in [4.69, 9.17) is 14.0 Å². The molecule has 2 aliphatic heterocycles. The second-order valence-electron chi connectivity index (χ2n) is 7.37. The van der Waals surface area contributed by atoms with Crippen molar-refractivity contribution in [2.75, 3.05) is 26.7 Å². The number of carbonyl (C=O) groups is 2. The van der Waals surface area contributed by atoms with E-state index in [1.807, 2.05) is 29.2 Å². The van der Waals surface area contributed by atoms with E-state index < -0.39 is 5.60 Å². The molecule has 4 rings (SSSR count). The van der Waals surface area contributed by atoms with Crippen LogP contribution in [0.5, 0.6) is 5.75 Å². The van der Waals surface area contributed by atoms with Gasteiger partial charge in [-0.3, -0.25) is 4.79 Å². The first kappa shape index (κ1) is 19.2. The first-order chi connectivity index (χ1) is 14.1. The monoisotopic (exact) mass is 400 g/mol. The van der Waals surface area contributed by atoms with Crippen molar-refractivity contribution in [2.24, 2.45) is 0 Å². The molecule has 1 N–H and O–H groups in total. The van der Waals surface area contributed by atoms with Crippen LogP contribution in [0.4, 0.5) is 4.79 Å². The maximum absolute atomic E-state index is 12.7. The average Bonchev–Trinajstić information content (AvgIpc) is 3.29. The summed E-state index contributed by atoms with van der Waals surface area (Å²) in [6.07, 6.45) is 2.51. The fourth-order valence-corrected chi connectivity index (χ4v) is 3.87. The van der Waals surface area contributed by atoms with Crippen molar-refractivity contribution in [3.8, 4) is 17.1 Å². The van der Waals surface area contributed by atoms with Gasteiger partial charge in [0.15, 0.2) is 0 Å². The number of hydrogen-bond acceptors (Lipinski definition) is 7. The zero-order valence-electron chi connectivity index (χ0n) is 16.3. The number of nitrogens with one attached hydrogen (secondary N) is 1. The van der Waals surface area contributed by atoms with Gasteiger partial charge in [-0.25, -0.2) is 4.79 Å². The summed E-state index contributed by atoms with van der Waals surface area (Å²) in [4.78, 5) is 30.3. The lowest BCUT2D eigenvalue weighted by Gasteiger charge is -2.24. The third-order valence-electron chi connectivity index (χ3n) is 5.48. The quantitative estimate of drug-likeness (QED) is 0.820. The van der Waals surface area contributed by atoms with Crippen LogP contribution in [-0.2, 0) is 16.0 Å². The highest BCUT2D eigenvalue weighted by molar-refractivity contribution is 5.76. The normalized spacial score (nSPS) is 21.6. The number of likely N-dealkylation sites (tertiary alicyclic amines) is 1. The Bertz CT molecular complexity index is 899. The number of rotatable bonds is 5. The number of methoxy groups -OCH3 is 1. The van der Waals surface area contributed by atoms with E-state index in [1.165, 1.54) is 0 Å². The summed E-state index contributed by atoms with van der Waals surface area (Å²) in [5.74, 6) is 1.56. The SMILES string of the molecule is COc1ccccc1-c1noc(CCC(=O)N2CCC[C@@]3(CC2)CNC(=O)O3)n1. The summed E-state index contributed by atoms with van der Waals surface area (Å²) < 4.78 is 16.1. The molecule has 0 saturated carbocycles. The van der Waals surface area contributed by atoms with Crippen LogP contribution in [0.15, 0.2) is 28.8 Å². The molecule has 1 spiro atoms. The summed E-state index contributed by atoms with van der Waals surface area (Å²) in [5, 5.41) is 6.73. The van der Waals surface area contributed by atoms with Crippen LogP contribution in [0, 0.1) is 0 Å². The molecular weight excluding hydrogens is 376 g/mol. The molecule has 2 saturated heterocycles. The Labute approximate surface area is 168 Å². The van der Waals surface area contributed by atoms with E-state index in [-0.39, 0.29) is 12.0 Å². The summed E-state index contributed by atoms with van der Waals surface area (Å²) in [5.41, 5.74) is 0.274. The highest BCUT2D eigenvalue weighted by Gasteiger charge is 2.41. The number of para-hydroxylation sites is 1. The molecule has 3 heterocycles. The van der Waals surface area contributed by atoms with Crippen LogP contribution in [0.3, 0.4) is 0 Å². The van der Waals surface area contributed by atoms with Crippen molar-refractivity contribution < 1.29 is 23.6 Å². The van der Waals surface area contributed by atoms with Crippen LogP contribution >= 0.6 is 0 Å². The molecule has 0 bridgehead atoms. The van der Waals surface area contributed by atoms with Gasteiger partial charge in [0, 0.05) is 32.4 Å². The standard InChI is InChI=1S/C20H24N4O5/c1-27-15-6-3-2-5-14(15)18-22-16(29-23-18)7-8-17(25)24-11-4-9-20(10-12-24)13-21-19(26)28-20/h2-3,5-6H,4,7-13H2,1H3,(H,21,26)/t20-/m1/s1. The van der Waals surface area contributed by atoms with E-state index in [2.05, 4.69) is 15.5 Å². The molecule has 9 nitrogen and oxygen atoms in total. The van der Waals surface area contributed by atoms with Crippen molar-refractivity contribution in [2.45, 2.75) is 37.7 Å². The van der Waals surface area contributed by atoms with Gasteiger partial charge in [-0.15, -0.1) is 0 Å². The number of nitrogens with zero attached hydrogens (tertiary/aromatic N) is 3. The van der Waals surface area contributed by atoms with Crippen LogP contribution in [0.2, 0.25) is 0 Å². The molecule has 0 unspecified atom stereocenters. The number of hydrogen-bond donors (Lipinski definition) is 1. The number of ether oxygens (including phenoxy) is 2. The van der Waals surface area contributed by atoms with Crippen LogP contribution in [-0.4, -0.2) is 59.4 Å². The Balaban J connectivity index is 1.33. The molecule has 2 fully saturated rings. The van der Waals surface area contributed by atoms with E-state index in [9.17, 15) is 9.59 Å². The predicted molar refractivity (Wildman–Crippen MR) is 102 cm³/mol. The molecule has 2 aliphatic rings. The van der Waals surface area contributed by atoms with Gasteiger partial charge in [-0.1, -0.05) is 17.3 Å². The van der Waals surface area contributed by atoms with Gasteiger partial charge < -0.3 is 24.2 Å². The minimum absolute atomic E-state index is 0.0383. The summed E-state index contributed by atoms with van der Waals surface area (Å²) >= 11 is 0. The average molecular weight is 400 g/mol. The highest BCUT2D eigenvalue weighted by atomic mass is 16.6. The lowest BCUT2D eigenvalue weighted by atomic mass is 9.95. The van der Waals surface area contributed by atoms with Gasteiger partial charge in [0.05, 0.1) is 19.2 Å². The van der Waals surface area contributed by atoms with E-state index in [0.29, 0.717) is 56.4 Å². The fraction of sp³-hybridized carbons (Fsp3) is 0.500. The molecule has 0 aliphatic carbocycles. The van der Waals surface area contributed by atoms with E-state index in [0.717, 1.165) is 18.4 Å². The third kappa shape index (κ3) is 4.18. The Morgan fingerprint density at radius 1 is 1.31 bits per heavy atom. The number of amides is 2. The van der Waals surface area contributed by atoms with Gasteiger partial charge >= 0.3 is 6.09 Å². The number of aromatic nitrogens is 2. The van der Waals surface area contributed by atoms with Crippen molar-refractivity contribution in [1.29, 1.82) is 0 Å². The van der Waals surface area contributed by atoms with E-state index >= 15 is 0 Å². The van der Waals surface area contributed by atoms with Crippen molar-refractivity contribution in [3.63, 3.8) is 0 Å². The molecule has 2 aromatic rings. The molecule has 1 aromatic heterocycles. The van der Waals surface area contributed by atoms with Crippen LogP contribution in [0.25, 0.3) is 11.4 Å². The molecule has 2 amide bonds. The molecule has 0 radical (unpaired) electrons. The number of benzene rings is 1. The summed E-state index contributed by atoms with van der Waals surface area (Å²) in [7, 11) is 1.59. The van der Waals surface area contributed by atoms with Gasteiger partial charge in [0.1, 0.15) is 11.4 Å². The number of aryl methyl sites for hydroxylation is 1. The highest BCUT2D eigenvalue weighted by Crippen LogP contribution is 2.30. The topological polar surface area (TPSA) is 107 Å². The number of alkyl carbamates (subject to hydrolysis) is 1. The first-order valence-electron chi connectivity index (χ1n) is 9.79. The fourth-order valence-electron chi connectivity index (χ4n) is 3.87. The first-order valence-corrected chi connectivity index (χ1v) is 9.79. The Kier molecular flexibility index (Phi) is 5.37. The maximum Gasteiger partial charge on any atom is 0.407 e. The Morgan fingerprint density at radius 3 is 2.97 bits per heavy atom. The lowest BCUT2D eigenvalue weighted by Crippen LogP contribution is -2.36. The molecule has 29 heavy (non-hydrogen) atoms. The smallest absolute Gasteiger partial charge is 0.407 e. The predicted octanol–water partition coefficient (Wildman–Crippen LogP) is 2.17. The molecule has 9 heteroatoms. The maximum atomic E-state index is 12.7. The minimum Gasteiger partial charge on any atom is -0.496 e. The van der Waals surface area contributed by atoms with Crippen molar-refractivity contribution in [3.05, 3.63) is 30.2 Å². The second kappa shape index (κ2) is 8.10. The zero-order chi connectivity index (χ0) is 20.3. The molecule has 154 valence electrons. The van der Waals surface area contributed by atoms with Gasteiger partial charge in [-0.2, -0.15) is 4.98 Å². The van der Waals surface area contributed by atoms with Crippen LogP contribution in [0.1, 0.15) is 31.6 Å². The third-order valence-corrected chi connectivity index (χ3v) is 5.48. The number of carbonyl (C=O) groups excluding carboxylic acids is 2. The van der Waals surface area contributed by atoms with Gasteiger partial charge in [-0.05, 0) is 25.0 Å². The second-order valence-corrected chi connectivity index (χ2v) is 7.37. The van der Waals surface area contributed by atoms with E-state index in [1.54, 1.807) is 7.11 Å².